The Morgan fingerprint density at radius 1 is 1.50 bits per heavy atom. The Balaban J connectivity index is 0. The van der Waals surface area contributed by atoms with Gasteiger partial charge in [-0.1, -0.05) is 0 Å². The molecule has 0 rings (SSSR count). The molecule has 0 saturated carbocycles. The van der Waals surface area contributed by atoms with Gasteiger partial charge >= 0.3 is 20.0 Å². The molecule has 24 valence electrons. The Bertz CT molecular complexity index is 6.00. The second-order valence-corrected chi connectivity index (χ2v) is 0. The molecule has 1 N–H and O–H groups in total. The van der Waals surface area contributed by atoms with Gasteiger partial charge in [0.05, 0.1) is 0 Å². The minimum absolute atomic E-state index is 0.611. The molecule has 0 atom stereocenters. The molecule has 0 aromatic heterocycles. The molecule has 0 saturated heterocycles. The van der Waals surface area contributed by atoms with Crippen molar-refractivity contribution in [2.75, 3.05) is 7.11 Å². The second kappa shape index (κ2) is 202. The normalized spacial score (nSPS) is 2.25. The van der Waals surface area contributed by atoms with Crippen molar-refractivity contribution in [3.63, 3.8) is 0 Å². The van der Waals surface area contributed by atoms with E-state index < -0.39 is 0 Å². The molecule has 4 heavy (non-hydrogen) atoms. The predicted molar refractivity (Wildman–Crippen MR) is 16.0 cm³/mol. The minimum atomic E-state index is 0.611. The van der Waals surface area contributed by atoms with Crippen LogP contribution in [-0.2, 0) is 3.80 Å². The summed E-state index contributed by atoms with van der Waals surface area (Å²) in [6.45, 7) is 0. The van der Waals surface area contributed by atoms with Crippen molar-refractivity contribution in [2.24, 2.45) is 0 Å². The van der Waals surface area contributed by atoms with E-state index in [0.717, 1.165) is 7.11 Å². The standard InChI is InChI=1S/CH4O.Al.O.H/c1-2;;;/h2H,1H3;;;. The first-order chi connectivity index (χ1) is 2.00. The average molecular weight is 76.0 g/mol. The third kappa shape index (κ3) is 44.8. The van der Waals surface area contributed by atoms with E-state index in [9.17, 15) is 0 Å². The van der Waals surface area contributed by atoms with Crippen LogP contribution in [0.25, 0.3) is 0 Å². The molecular formula is CH5AlO2. The SMILES string of the molecule is CO.[O]=[AlH]. The van der Waals surface area contributed by atoms with Gasteiger partial charge in [-0.25, -0.2) is 0 Å². The first-order valence-corrected chi connectivity index (χ1v) is 1.31. The summed E-state index contributed by atoms with van der Waals surface area (Å²) in [5, 5.41) is 7.00. The fraction of sp³-hybridized carbons (Fsp3) is 1.00. The Morgan fingerprint density at radius 3 is 1.50 bits per heavy atom. The van der Waals surface area contributed by atoms with E-state index in [1.807, 2.05) is 0 Å². The van der Waals surface area contributed by atoms with Crippen molar-refractivity contribution in [3.8, 4) is 0 Å². The van der Waals surface area contributed by atoms with Crippen molar-refractivity contribution in [1.29, 1.82) is 0 Å². The molecule has 0 unspecified atom stereocenters. The molecule has 0 aliphatic rings. The summed E-state index contributed by atoms with van der Waals surface area (Å²) < 4.78 is 8.28. The molecule has 0 aromatic rings. The van der Waals surface area contributed by atoms with Crippen molar-refractivity contribution >= 4 is 16.2 Å². The van der Waals surface area contributed by atoms with Gasteiger partial charge in [0.1, 0.15) is 0 Å². The number of aliphatic hydroxyl groups excluding tert-OH is 1. The summed E-state index contributed by atoms with van der Waals surface area (Å²) in [6, 6.07) is 0. The first-order valence-electron chi connectivity index (χ1n) is 0.736. The number of hydrogen-bond acceptors (Lipinski definition) is 2. The van der Waals surface area contributed by atoms with Crippen molar-refractivity contribution in [2.45, 2.75) is 0 Å². The van der Waals surface area contributed by atoms with E-state index in [1.165, 1.54) is 0 Å². The summed E-state index contributed by atoms with van der Waals surface area (Å²) in [4.78, 5) is 0. The van der Waals surface area contributed by atoms with Gasteiger partial charge in [-0.3, -0.25) is 0 Å². The predicted octanol–water partition coefficient (Wildman–Crippen LogP) is -1.16. The van der Waals surface area contributed by atoms with Gasteiger partial charge in [0.2, 0.25) is 0 Å². The van der Waals surface area contributed by atoms with Gasteiger partial charge in [0.25, 0.3) is 0 Å². The summed E-state index contributed by atoms with van der Waals surface area (Å²) in [5.74, 6) is 0. The Labute approximate surface area is 33.1 Å². The van der Waals surface area contributed by atoms with Crippen LogP contribution in [0.5, 0.6) is 0 Å². The second-order valence-electron chi connectivity index (χ2n) is 0. The van der Waals surface area contributed by atoms with Crippen molar-refractivity contribution < 1.29 is 8.91 Å². The number of rotatable bonds is 0. The molecule has 0 radical (unpaired) electrons. The first kappa shape index (κ1) is 8.85. The van der Waals surface area contributed by atoms with E-state index in [4.69, 9.17) is 8.91 Å². The van der Waals surface area contributed by atoms with E-state index >= 15 is 0 Å². The Kier molecular flexibility index (Phi) is 448. The summed E-state index contributed by atoms with van der Waals surface area (Å²) in [5.41, 5.74) is 0. The van der Waals surface area contributed by atoms with Gasteiger partial charge in [-0.05, 0) is 0 Å². The third-order valence-electron chi connectivity index (χ3n) is 0. The molecule has 0 fully saturated rings. The van der Waals surface area contributed by atoms with Crippen LogP contribution < -0.4 is 0 Å². The number of aliphatic hydroxyl groups is 1. The molecular weight excluding hydrogens is 71.0 g/mol. The molecule has 0 amide bonds. The Hall–Kier alpha value is 0.292. The van der Waals surface area contributed by atoms with Crippen LogP contribution in [0.2, 0.25) is 0 Å². The van der Waals surface area contributed by atoms with Crippen LogP contribution in [0.3, 0.4) is 0 Å². The van der Waals surface area contributed by atoms with E-state index in [0.29, 0.717) is 16.2 Å². The molecule has 0 aliphatic carbocycles. The molecule has 0 spiro atoms. The van der Waals surface area contributed by atoms with Crippen LogP contribution >= 0.6 is 0 Å². The van der Waals surface area contributed by atoms with Crippen LogP contribution in [0.15, 0.2) is 0 Å². The van der Waals surface area contributed by atoms with Gasteiger partial charge in [0, 0.05) is 7.11 Å². The molecule has 0 heterocycles. The van der Waals surface area contributed by atoms with E-state index in [2.05, 4.69) is 0 Å². The zero-order valence-electron chi connectivity index (χ0n) is 2.56. The van der Waals surface area contributed by atoms with Crippen LogP contribution in [-0.4, -0.2) is 28.4 Å². The maximum absolute atomic E-state index is 8.28. The Morgan fingerprint density at radius 2 is 1.50 bits per heavy atom. The quantitative estimate of drug-likeness (QED) is 0.369. The van der Waals surface area contributed by atoms with Gasteiger partial charge in [-0.2, -0.15) is 0 Å². The van der Waals surface area contributed by atoms with Gasteiger partial charge in [-0.15, -0.1) is 0 Å². The zero-order chi connectivity index (χ0) is 4.00. The van der Waals surface area contributed by atoms with E-state index in [1.54, 1.807) is 0 Å². The van der Waals surface area contributed by atoms with Crippen LogP contribution in [0.4, 0.5) is 0 Å². The summed E-state index contributed by atoms with van der Waals surface area (Å²) >= 11 is 0.611. The third-order valence-corrected chi connectivity index (χ3v) is 0. The monoisotopic (exact) mass is 76.0 g/mol. The van der Waals surface area contributed by atoms with Crippen LogP contribution in [0.1, 0.15) is 0 Å². The topological polar surface area (TPSA) is 37.3 Å². The summed E-state index contributed by atoms with van der Waals surface area (Å²) in [7, 11) is 1.00. The fourth-order valence-corrected chi connectivity index (χ4v) is 0. The van der Waals surface area contributed by atoms with E-state index in [-0.39, 0.29) is 0 Å². The molecule has 0 aliphatic heterocycles. The molecule has 0 bridgehead atoms. The fourth-order valence-electron chi connectivity index (χ4n) is 0. The summed E-state index contributed by atoms with van der Waals surface area (Å²) in [6.07, 6.45) is 0. The van der Waals surface area contributed by atoms with Gasteiger partial charge < -0.3 is 5.11 Å². The zero-order valence-corrected chi connectivity index (χ0v) is 3.98. The molecule has 0 aromatic carbocycles. The number of hydrogen-bond donors (Lipinski definition) is 1. The van der Waals surface area contributed by atoms with Crippen molar-refractivity contribution in [3.05, 3.63) is 0 Å². The molecule has 3 heteroatoms. The molecule has 2 nitrogen and oxygen atoms in total. The van der Waals surface area contributed by atoms with Crippen molar-refractivity contribution in [1.82, 2.24) is 0 Å². The average Bonchev–Trinajstić information content (AvgIpc) is 1.50. The maximum atomic E-state index is 8.28. The van der Waals surface area contributed by atoms with Gasteiger partial charge in [0.15, 0.2) is 0 Å². The van der Waals surface area contributed by atoms with Crippen LogP contribution in [0, 0.1) is 0 Å².